The summed E-state index contributed by atoms with van der Waals surface area (Å²) >= 11 is 0. The molecule has 0 N–H and O–H groups in total. The van der Waals surface area contributed by atoms with Crippen LogP contribution >= 0.6 is 0 Å². The van der Waals surface area contributed by atoms with E-state index in [-0.39, 0.29) is 17.9 Å². The standard InChI is InChI=1S/C18H30N4O2/c1-3-16-19-17(20-24-16)15-9-8-12-22(13-15)18(23)14(2)21-10-6-4-5-7-11-21/h14-15H,3-13H2,1-2H3. The van der Waals surface area contributed by atoms with Crippen molar-refractivity contribution in [1.82, 2.24) is 19.9 Å². The van der Waals surface area contributed by atoms with Crippen LogP contribution in [0.5, 0.6) is 0 Å². The fourth-order valence-electron chi connectivity index (χ4n) is 3.87. The van der Waals surface area contributed by atoms with Gasteiger partial charge in [0.2, 0.25) is 11.8 Å². The number of hydrogen-bond donors (Lipinski definition) is 0. The third-order valence-electron chi connectivity index (χ3n) is 5.43. The Bertz CT molecular complexity index is 537. The van der Waals surface area contributed by atoms with Gasteiger partial charge in [0.05, 0.1) is 6.04 Å². The maximum atomic E-state index is 13.0. The zero-order valence-electron chi connectivity index (χ0n) is 15.0. The van der Waals surface area contributed by atoms with E-state index in [1.54, 1.807) is 0 Å². The molecule has 24 heavy (non-hydrogen) atoms. The van der Waals surface area contributed by atoms with E-state index in [0.717, 1.165) is 51.3 Å². The van der Waals surface area contributed by atoms with Crippen LogP contribution in [0.15, 0.2) is 4.52 Å². The zero-order valence-corrected chi connectivity index (χ0v) is 15.0. The van der Waals surface area contributed by atoms with Crippen molar-refractivity contribution in [3.8, 4) is 0 Å². The second kappa shape index (κ2) is 8.10. The summed E-state index contributed by atoms with van der Waals surface area (Å²) in [4.78, 5) is 21.8. The first kappa shape index (κ1) is 17.4. The highest BCUT2D eigenvalue weighted by molar-refractivity contribution is 5.81. The number of nitrogens with zero attached hydrogens (tertiary/aromatic N) is 4. The fourth-order valence-corrected chi connectivity index (χ4v) is 3.87. The maximum Gasteiger partial charge on any atom is 0.239 e. The van der Waals surface area contributed by atoms with Crippen LogP contribution in [0.3, 0.4) is 0 Å². The summed E-state index contributed by atoms with van der Waals surface area (Å²) in [6.45, 7) is 7.76. The predicted octanol–water partition coefficient (Wildman–Crippen LogP) is 2.60. The van der Waals surface area contributed by atoms with Crippen LogP contribution in [0.25, 0.3) is 0 Å². The van der Waals surface area contributed by atoms with Crippen LogP contribution in [0.1, 0.15) is 70.0 Å². The summed E-state index contributed by atoms with van der Waals surface area (Å²) < 4.78 is 5.25. The summed E-state index contributed by atoms with van der Waals surface area (Å²) in [6.07, 6.45) is 7.81. The van der Waals surface area contributed by atoms with E-state index in [4.69, 9.17) is 4.52 Å². The lowest BCUT2D eigenvalue weighted by Gasteiger charge is -2.36. The van der Waals surface area contributed by atoms with E-state index in [0.29, 0.717) is 5.89 Å². The smallest absolute Gasteiger partial charge is 0.239 e. The number of likely N-dealkylation sites (tertiary alicyclic amines) is 2. The fraction of sp³-hybridized carbons (Fsp3) is 0.833. The molecular formula is C18H30N4O2. The number of carbonyl (C=O) groups is 1. The molecule has 2 atom stereocenters. The third kappa shape index (κ3) is 3.97. The molecule has 2 aliphatic heterocycles. The maximum absolute atomic E-state index is 13.0. The van der Waals surface area contributed by atoms with Crippen LogP contribution in [0.2, 0.25) is 0 Å². The largest absolute Gasteiger partial charge is 0.341 e. The number of aromatic nitrogens is 2. The molecule has 0 aliphatic carbocycles. The summed E-state index contributed by atoms with van der Waals surface area (Å²) in [7, 11) is 0. The molecule has 0 spiro atoms. The average Bonchev–Trinajstić information content (AvgIpc) is 2.95. The second-order valence-corrected chi connectivity index (χ2v) is 7.15. The Morgan fingerprint density at radius 1 is 1.21 bits per heavy atom. The SMILES string of the molecule is CCc1nc(C2CCCN(C(=O)C(C)N3CCCCCC3)C2)no1. The number of rotatable bonds is 4. The van der Waals surface area contributed by atoms with Gasteiger partial charge in [-0.1, -0.05) is 24.9 Å². The molecule has 2 aliphatic rings. The van der Waals surface area contributed by atoms with Crippen molar-refractivity contribution in [2.45, 2.75) is 70.8 Å². The topological polar surface area (TPSA) is 62.5 Å². The molecule has 1 amide bonds. The number of carbonyl (C=O) groups excluding carboxylic acids is 1. The van der Waals surface area contributed by atoms with Crippen molar-refractivity contribution in [3.05, 3.63) is 11.7 Å². The average molecular weight is 334 g/mol. The normalized spacial score (nSPS) is 24.6. The van der Waals surface area contributed by atoms with Crippen LogP contribution in [-0.4, -0.2) is 58.1 Å². The van der Waals surface area contributed by atoms with Crippen LogP contribution < -0.4 is 0 Å². The van der Waals surface area contributed by atoms with Gasteiger partial charge in [-0.25, -0.2) is 0 Å². The van der Waals surface area contributed by atoms with Crippen molar-refractivity contribution < 1.29 is 9.32 Å². The molecule has 2 unspecified atom stereocenters. The first-order valence-corrected chi connectivity index (χ1v) is 9.54. The van der Waals surface area contributed by atoms with E-state index in [2.05, 4.69) is 22.0 Å². The van der Waals surface area contributed by atoms with E-state index >= 15 is 0 Å². The highest BCUT2D eigenvalue weighted by Gasteiger charge is 2.32. The molecule has 1 aromatic rings. The monoisotopic (exact) mass is 334 g/mol. The Labute approximate surface area is 144 Å². The molecule has 0 radical (unpaired) electrons. The lowest BCUT2D eigenvalue weighted by Crippen LogP contribution is -2.50. The van der Waals surface area contributed by atoms with Crippen molar-refractivity contribution in [1.29, 1.82) is 0 Å². The summed E-state index contributed by atoms with van der Waals surface area (Å²) in [5.74, 6) is 1.93. The lowest BCUT2D eigenvalue weighted by molar-refractivity contribution is -0.137. The van der Waals surface area contributed by atoms with E-state index in [1.807, 2.05) is 11.8 Å². The molecule has 1 aromatic heterocycles. The van der Waals surface area contributed by atoms with Gasteiger partial charge in [-0.15, -0.1) is 0 Å². The molecule has 2 fully saturated rings. The van der Waals surface area contributed by atoms with Gasteiger partial charge >= 0.3 is 0 Å². The van der Waals surface area contributed by atoms with Crippen LogP contribution in [0, 0.1) is 0 Å². The van der Waals surface area contributed by atoms with Gasteiger partial charge in [0.15, 0.2) is 5.82 Å². The van der Waals surface area contributed by atoms with Crippen molar-refractivity contribution in [2.75, 3.05) is 26.2 Å². The van der Waals surface area contributed by atoms with Crippen LogP contribution in [0.4, 0.5) is 0 Å². The minimum atomic E-state index is -0.0154. The molecule has 2 saturated heterocycles. The summed E-state index contributed by atoms with van der Waals surface area (Å²) in [5.41, 5.74) is 0. The van der Waals surface area contributed by atoms with Crippen LogP contribution in [-0.2, 0) is 11.2 Å². The minimum absolute atomic E-state index is 0.0154. The lowest BCUT2D eigenvalue weighted by atomic mass is 9.96. The number of hydrogen-bond acceptors (Lipinski definition) is 5. The molecule has 3 rings (SSSR count). The molecule has 3 heterocycles. The second-order valence-electron chi connectivity index (χ2n) is 7.15. The Hall–Kier alpha value is -1.43. The van der Waals surface area contributed by atoms with Gasteiger partial charge in [-0.05, 0) is 45.7 Å². The zero-order chi connectivity index (χ0) is 16.9. The Kier molecular flexibility index (Phi) is 5.87. The van der Waals surface area contributed by atoms with E-state index in [1.165, 1.54) is 25.7 Å². The summed E-state index contributed by atoms with van der Waals surface area (Å²) in [5, 5.41) is 4.12. The summed E-state index contributed by atoms with van der Waals surface area (Å²) in [6, 6.07) is -0.0154. The number of piperidine rings is 1. The predicted molar refractivity (Wildman–Crippen MR) is 91.7 cm³/mol. The number of amides is 1. The van der Waals surface area contributed by atoms with Gasteiger partial charge < -0.3 is 9.42 Å². The molecule has 6 nitrogen and oxygen atoms in total. The Morgan fingerprint density at radius 2 is 1.96 bits per heavy atom. The highest BCUT2D eigenvalue weighted by Crippen LogP contribution is 2.26. The quantitative estimate of drug-likeness (QED) is 0.847. The molecule has 6 heteroatoms. The Balaban J connectivity index is 1.61. The van der Waals surface area contributed by atoms with E-state index in [9.17, 15) is 4.79 Å². The third-order valence-corrected chi connectivity index (χ3v) is 5.43. The van der Waals surface area contributed by atoms with E-state index < -0.39 is 0 Å². The molecule has 0 bridgehead atoms. The number of aryl methyl sites for hydroxylation is 1. The molecule has 0 saturated carbocycles. The van der Waals surface area contributed by atoms with Gasteiger partial charge in [0, 0.05) is 25.4 Å². The first-order chi connectivity index (χ1) is 11.7. The van der Waals surface area contributed by atoms with Gasteiger partial charge in [-0.2, -0.15) is 4.98 Å². The molecular weight excluding hydrogens is 304 g/mol. The minimum Gasteiger partial charge on any atom is -0.341 e. The van der Waals surface area contributed by atoms with Crippen molar-refractivity contribution in [3.63, 3.8) is 0 Å². The van der Waals surface area contributed by atoms with Crippen molar-refractivity contribution in [2.24, 2.45) is 0 Å². The van der Waals surface area contributed by atoms with Gasteiger partial charge in [0.25, 0.3) is 0 Å². The molecule has 134 valence electrons. The van der Waals surface area contributed by atoms with Gasteiger partial charge in [0.1, 0.15) is 0 Å². The van der Waals surface area contributed by atoms with Crippen molar-refractivity contribution >= 4 is 5.91 Å². The highest BCUT2D eigenvalue weighted by atomic mass is 16.5. The Morgan fingerprint density at radius 3 is 2.62 bits per heavy atom. The molecule has 0 aromatic carbocycles. The van der Waals surface area contributed by atoms with Gasteiger partial charge in [-0.3, -0.25) is 9.69 Å². The first-order valence-electron chi connectivity index (χ1n) is 9.54.